The van der Waals surface area contributed by atoms with E-state index in [1.165, 1.54) is 6.07 Å². The summed E-state index contributed by atoms with van der Waals surface area (Å²) in [6.07, 6.45) is 0.187. The lowest BCUT2D eigenvalue weighted by Crippen LogP contribution is -2.16. The third kappa shape index (κ3) is 4.16. The van der Waals surface area contributed by atoms with E-state index in [2.05, 4.69) is 21.2 Å². The van der Waals surface area contributed by atoms with Crippen molar-refractivity contribution >= 4 is 33.5 Å². The fourth-order valence-electron chi connectivity index (χ4n) is 1.97. The van der Waals surface area contributed by atoms with Gasteiger partial charge in [0.05, 0.1) is 17.7 Å². The Kier molecular flexibility index (Phi) is 4.75. The largest absolute Gasteiger partial charge is 0.478 e. The van der Waals surface area contributed by atoms with E-state index in [0.29, 0.717) is 5.69 Å². The van der Waals surface area contributed by atoms with Crippen LogP contribution in [0.1, 0.15) is 21.5 Å². The topological polar surface area (TPSA) is 66.4 Å². The van der Waals surface area contributed by atoms with Crippen molar-refractivity contribution in [1.82, 2.24) is 0 Å². The van der Waals surface area contributed by atoms with Crippen LogP contribution in [0, 0.1) is 6.92 Å². The maximum Gasteiger partial charge on any atom is 0.337 e. The first-order valence-electron chi connectivity index (χ1n) is 6.34. The van der Waals surface area contributed by atoms with Crippen molar-refractivity contribution in [3.63, 3.8) is 0 Å². The minimum absolute atomic E-state index is 0.0950. The quantitative estimate of drug-likeness (QED) is 0.887. The van der Waals surface area contributed by atoms with Crippen LogP contribution in [0.5, 0.6) is 0 Å². The second-order valence-electron chi connectivity index (χ2n) is 4.71. The third-order valence-electron chi connectivity index (χ3n) is 2.93. The summed E-state index contributed by atoms with van der Waals surface area (Å²) in [4.78, 5) is 23.2. The number of anilines is 1. The van der Waals surface area contributed by atoms with Crippen LogP contribution in [-0.4, -0.2) is 17.0 Å². The van der Waals surface area contributed by atoms with Gasteiger partial charge in [-0.3, -0.25) is 4.79 Å². The Morgan fingerprint density at radius 1 is 1.19 bits per heavy atom. The Hall–Kier alpha value is -2.14. The minimum atomic E-state index is -1.06. The lowest BCUT2D eigenvalue weighted by Gasteiger charge is -2.09. The molecule has 0 radical (unpaired) electrons. The normalized spacial score (nSPS) is 10.2. The molecule has 0 atom stereocenters. The predicted octanol–water partition coefficient (Wildman–Crippen LogP) is 3.64. The number of carboxylic acid groups (broad SMARTS) is 1. The van der Waals surface area contributed by atoms with Crippen molar-refractivity contribution in [2.24, 2.45) is 0 Å². The highest BCUT2D eigenvalue weighted by Crippen LogP contribution is 2.18. The van der Waals surface area contributed by atoms with Gasteiger partial charge in [-0.2, -0.15) is 0 Å². The molecular weight excluding hydrogens is 334 g/mol. The molecule has 2 aromatic carbocycles. The SMILES string of the molecule is Cc1ccc(NC(=O)Cc2cccc(Br)c2)c(C(=O)O)c1. The number of carbonyl (C=O) groups is 2. The molecule has 5 heteroatoms. The monoisotopic (exact) mass is 347 g/mol. The molecule has 0 bridgehead atoms. The van der Waals surface area contributed by atoms with Gasteiger partial charge in [-0.25, -0.2) is 4.79 Å². The van der Waals surface area contributed by atoms with Gasteiger partial charge in [-0.05, 0) is 36.8 Å². The molecule has 108 valence electrons. The number of hydrogen-bond donors (Lipinski definition) is 2. The number of aryl methyl sites for hydroxylation is 1. The first-order chi connectivity index (χ1) is 9.95. The van der Waals surface area contributed by atoms with E-state index < -0.39 is 5.97 Å². The summed E-state index contributed by atoms with van der Waals surface area (Å²) in [7, 11) is 0. The second-order valence-corrected chi connectivity index (χ2v) is 5.62. The Bertz CT molecular complexity index is 698. The highest BCUT2D eigenvalue weighted by Gasteiger charge is 2.13. The van der Waals surface area contributed by atoms with Crippen molar-refractivity contribution in [2.75, 3.05) is 5.32 Å². The van der Waals surface area contributed by atoms with Crippen LogP contribution >= 0.6 is 15.9 Å². The number of nitrogens with one attached hydrogen (secondary N) is 1. The molecule has 0 aliphatic rings. The van der Waals surface area contributed by atoms with Gasteiger partial charge in [-0.15, -0.1) is 0 Å². The lowest BCUT2D eigenvalue weighted by molar-refractivity contribution is -0.115. The lowest BCUT2D eigenvalue weighted by atomic mass is 10.1. The summed E-state index contributed by atoms with van der Waals surface area (Å²) in [5.74, 6) is -1.31. The second kappa shape index (κ2) is 6.54. The van der Waals surface area contributed by atoms with E-state index in [0.717, 1.165) is 15.6 Å². The molecular formula is C16H14BrNO3. The van der Waals surface area contributed by atoms with Crippen molar-refractivity contribution in [3.8, 4) is 0 Å². The smallest absolute Gasteiger partial charge is 0.337 e. The first kappa shape index (κ1) is 15.3. The maximum absolute atomic E-state index is 12.0. The number of benzene rings is 2. The summed E-state index contributed by atoms with van der Waals surface area (Å²) in [5.41, 5.74) is 2.09. The van der Waals surface area contributed by atoms with Gasteiger partial charge in [0, 0.05) is 4.47 Å². The first-order valence-corrected chi connectivity index (χ1v) is 7.13. The zero-order chi connectivity index (χ0) is 15.4. The van der Waals surface area contributed by atoms with E-state index in [-0.39, 0.29) is 17.9 Å². The van der Waals surface area contributed by atoms with Gasteiger partial charge in [-0.1, -0.05) is 39.7 Å². The van der Waals surface area contributed by atoms with Crippen LogP contribution in [0.3, 0.4) is 0 Å². The zero-order valence-electron chi connectivity index (χ0n) is 11.4. The third-order valence-corrected chi connectivity index (χ3v) is 3.43. The van der Waals surface area contributed by atoms with Crippen LogP contribution in [0.2, 0.25) is 0 Å². The molecule has 21 heavy (non-hydrogen) atoms. The molecule has 1 amide bonds. The molecule has 2 rings (SSSR count). The predicted molar refractivity (Wildman–Crippen MR) is 84.6 cm³/mol. The average molecular weight is 348 g/mol. The Morgan fingerprint density at radius 2 is 1.95 bits per heavy atom. The highest BCUT2D eigenvalue weighted by molar-refractivity contribution is 9.10. The van der Waals surface area contributed by atoms with Gasteiger partial charge in [0.25, 0.3) is 0 Å². The Labute approximate surface area is 130 Å². The maximum atomic E-state index is 12.0. The molecule has 0 aromatic heterocycles. The van der Waals surface area contributed by atoms with E-state index in [9.17, 15) is 14.7 Å². The molecule has 0 aliphatic carbocycles. The number of aromatic carboxylic acids is 1. The van der Waals surface area contributed by atoms with Gasteiger partial charge >= 0.3 is 5.97 Å². The molecule has 2 N–H and O–H groups in total. The average Bonchev–Trinajstić information content (AvgIpc) is 2.40. The van der Waals surface area contributed by atoms with Gasteiger partial charge in [0.15, 0.2) is 0 Å². The Morgan fingerprint density at radius 3 is 2.62 bits per heavy atom. The zero-order valence-corrected chi connectivity index (χ0v) is 13.0. The molecule has 4 nitrogen and oxygen atoms in total. The summed E-state index contributed by atoms with van der Waals surface area (Å²) in [6.45, 7) is 1.81. The van der Waals surface area contributed by atoms with E-state index in [1.807, 2.05) is 24.3 Å². The van der Waals surface area contributed by atoms with Crippen molar-refractivity contribution in [1.29, 1.82) is 0 Å². The highest BCUT2D eigenvalue weighted by atomic mass is 79.9. The number of amides is 1. The fourth-order valence-corrected chi connectivity index (χ4v) is 2.42. The molecule has 0 aliphatic heterocycles. The van der Waals surface area contributed by atoms with Crippen molar-refractivity contribution in [3.05, 3.63) is 63.6 Å². The van der Waals surface area contributed by atoms with Crippen LogP contribution in [0.4, 0.5) is 5.69 Å². The van der Waals surface area contributed by atoms with Crippen molar-refractivity contribution < 1.29 is 14.7 Å². The van der Waals surface area contributed by atoms with Crippen LogP contribution in [0.15, 0.2) is 46.9 Å². The van der Waals surface area contributed by atoms with E-state index in [1.54, 1.807) is 19.1 Å². The number of carboxylic acids is 1. The molecule has 0 unspecified atom stereocenters. The summed E-state index contributed by atoms with van der Waals surface area (Å²) in [5, 5.41) is 11.8. The van der Waals surface area contributed by atoms with Gasteiger partial charge in [0.2, 0.25) is 5.91 Å². The standard InChI is InChI=1S/C16H14BrNO3/c1-10-5-6-14(13(7-10)16(20)21)18-15(19)9-11-3-2-4-12(17)8-11/h2-8H,9H2,1H3,(H,18,19)(H,20,21). The molecule has 0 saturated heterocycles. The van der Waals surface area contributed by atoms with Crippen molar-refractivity contribution in [2.45, 2.75) is 13.3 Å². The summed E-state index contributed by atoms with van der Waals surface area (Å²) < 4.78 is 0.898. The fraction of sp³-hybridized carbons (Fsp3) is 0.125. The van der Waals surface area contributed by atoms with Gasteiger partial charge in [0.1, 0.15) is 0 Å². The minimum Gasteiger partial charge on any atom is -0.478 e. The van der Waals surface area contributed by atoms with Gasteiger partial charge < -0.3 is 10.4 Å². The molecule has 0 fully saturated rings. The number of carbonyl (C=O) groups excluding carboxylic acids is 1. The van der Waals surface area contributed by atoms with Crippen LogP contribution in [0.25, 0.3) is 0 Å². The summed E-state index contributed by atoms with van der Waals surface area (Å²) >= 11 is 3.35. The van der Waals surface area contributed by atoms with Crippen LogP contribution < -0.4 is 5.32 Å². The molecule has 0 spiro atoms. The number of hydrogen-bond acceptors (Lipinski definition) is 2. The number of halogens is 1. The van der Waals surface area contributed by atoms with Crippen LogP contribution in [-0.2, 0) is 11.2 Å². The van der Waals surface area contributed by atoms with E-state index in [4.69, 9.17) is 0 Å². The molecule has 0 heterocycles. The number of rotatable bonds is 4. The molecule has 2 aromatic rings. The summed E-state index contributed by atoms with van der Waals surface area (Å²) in [6, 6.07) is 12.3. The molecule has 0 saturated carbocycles. The van der Waals surface area contributed by atoms with E-state index >= 15 is 0 Å². The Balaban J connectivity index is 2.15.